The van der Waals surface area contributed by atoms with E-state index in [1.165, 1.54) is 6.33 Å². The second-order valence-electron chi connectivity index (χ2n) is 6.49. The van der Waals surface area contributed by atoms with Crippen LogP contribution < -0.4 is 15.8 Å². The first-order valence-electron chi connectivity index (χ1n) is 7.55. The van der Waals surface area contributed by atoms with E-state index in [0.29, 0.717) is 6.54 Å². The summed E-state index contributed by atoms with van der Waals surface area (Å²) in [6, 6.07) is 9.71. The van der Waals surface area contributed by atoms with E-state index in [0.717, 1.165) is 5.56 Å². The summed E-state index contributed by atoms with van der Waals surface area (Å²) < 4.78 is 0. The quantitative estimate of drug-likeness (QED) is 0.621. The topological polar surface area (TPSA) is 96.2 Å². The monoisotopic (exact) mass is 330 g/mol. The number of nitrogens with zero attached hydrogens (tertiary/aromatic N) is 4. The average molecular weight is 330 g/mol. The molecule has 1 aromatic carbocycles. The van der Waals surface area contributed by atoms with Crippen molar-refractivity contribution in [1.29, 1.82) is 0 Å². The van der Waals surface area contributed by atoms with Crippen LogP contribution in [0.1, 0.15) is 26.3 Å². The van der Waals surface area contributed by atoms with E-state index in [4.69, 9.17) is 0 Å². The molecule has 2 rings (SSSR count). The molecule has 0 spiro atoms. The number of benzene rings is 1. The molecule has 0 atom stereocenters. The third-order valence-electron chi connectivity index (χ3n) is 3.17. The number of nitrogens with one attached hydrogen (secondary N) is 2. The SMILES string of the molecule is CN(Cc1ccccc1)c1ncnc(NNC(C)(C)C)c1[N+](=O)[O-]. The molecule has 0 aliphatic heterocycles. The summed E-state index contributed by atoms with van der Waals surface area (Å²) in [6.07, 6.45) is 1.32. The first-order valence-corrected chi connectivity index (χ1v) is 7.55. The van der Waals surface area contributed by atoms with Gasteiger partial charge in [-0.2, -0.15) is 0 Å². The van der Waals surface area contributed by atoms with Gasteiger partial charge in [-0.05, 0) is 26.3 Å². The summed E-state index contributed by atoms with van der Waals surface area (Å²) in [6.45, 7) is 6.32. The fourth-order valence-electron chi connectivity index (χ4n) is 2.09. The van der Waals surface area contributed by atoms with Crippen molar-refractivity contribution in [2.75, 3.05) is 17.4 Å². The molecule has 0 aliphatic rings. The van der Waals surface area contributed by atoms with Gasteiger partial charge in [-0.25, -0.2) is 15.4 Å². The van der Waals surface area contributed by atoms with E-state index in [9.17, 15) is 10.1 Å². The van der Waals surface area contributed by atoms with E-state index in [1.807, 2.05) is 51.1 Å². The number of hydrogen-bond donors (Lipinski definition) is 2. The maximum absolute atomic E-state index is 11.6. The molecule has 8 nitrogen and oxygen atoms in total. The standard InChI is InChI=1S/C16H22N6O2/c1-16(2,3)20-19-14-13(22(23)24)15(18-11-17-14)21(4)10-12-8-6-5-7-9-12/h5-9,11,20H,10H2,1-4H3,(H,17,18,19). The van der Waals surface area contributed by atoms with Crippen LogP contribution in [0, 0.1) is 10.1 Å². The van der Waals surface area contributed by atoms with Crippen LogP contribution in [0.2, 0.25) is 0 Å². The minimum absolute atomic E-state index is 0.139. The molecule has 0 bridgehead atoms. The zero-order chi connectivity index (χ0) is 17.7. The molecule has 8 heteroatoms. The summed E-state index contributed by atoms with van der Waals surface area (Å²) in [5.74, 6) is 0.400. The Bertz CT molecular complexity index is 699. The van der Waals surface area contributed by atoms with Crippen molar-refractivity contribution in [2.24, 2.45) is 0 Å². The van der Waals surface area contributed by atoms with Crippen LogP contribution in [0.15, 0.2) is 36.7 Å². The van der Waals surface area contributed by atoms with Crippen molar-refractivity contribution in [2.45, 2.75) is 32.9 Å². The van der Waals surface area contributed by atoms with Crippen LogP contribution in [0.25, 0.3) is 0 Å². The zero-order valence-electron chi connectivity index (χ0n) is 14.3. The van der Waals surface area contributed by atoms with Crippen LogP contribution in [0.3, 0.4) is 0 Å². The number of nitro groups is 1. The van der Waals surface area contributed by atoms with Crippen LogP contribution in [-0.4, -0.2) is 27.5 Å². The second-order valence-corrected chi connectivity index (χ2v) is 6.49. The van der Waals surface area contributed by atoms with Crippen LogP contribution in [-0.2, 0) is 6.54 Å². The highest BCUT2D eigenvalue weighted by atomic mass is 16.6. The lowest BCUT2D eigenvalue weighted by Crippen LogP contribution is -2.40. The minimum atomic E-state index is -0.469. The number of anilines is 2. The van der Waals surface area contributed by atoms with Crippen molar-refractivity contribution in [3.63, 3.8) is 0 Å². The first kappa shape index (κ1) is 17.6. The molecule has 0 radical (unpaired) electrons. The molecule has 0 fully saturated rings. The van der Waals surface area contributed by atoms with Gasteiger partial charge in [0.1, 0.15) is 6.33 Å². The number of hydrogen-bond acceptors (Lipinski definition) is 7. The van der Waals surface area contributed by atoms with Gasteiger partial charge in [-0.1, -0.05) is 30.3 Å². The molecular formula is C16H22N6O2. The molecule has 1 heterocycles. The minimum Gasteiger partial charge on any atom is -0.349 e. The summed E-state index contributed by atoms with van der Waals surface area (Å²) in [5.41, 5.74) is 6.42. The van der Waals surface area contributed by atoms with E-state index in [-0.39, 0.29) is 22.9 Å². The summed E-state index contributed by atoms with van der Waals surface area (Å²) in [5, 5.41) is 11.6. The summed E-state index contributed by atoms with van der Waals surface area (Å²) in [7, 11) is 1.77. The molecule has 0 saturated carbocycles. The Morgan fingerprint density at radius 1 is 1.21 bits per heavy atom. The highest BCUT2D eigenvalue weighted by molar-refractivity contribution is 5.69. The Hall–Kier alpha value is -2.74. The Kier molecular flexibility index (Phi) is 5.30. The smallest absolute Gasteiger partial charge is 0.349 e. The number of aromatic nitrogens is 2. The van der Waals surface area contributed by atoms with Gasteiger partial charge in [-0.15, -0.1) is 0 Å². The molecule has 0 unspecified atom stereocenters. The van der Waals surface area contributed by atoms with Gasteiger partial charge < -0.3 is 4.90 Å². The lowest BCUT2D eigenvalue weighted by atomic mass is 10.1. The highest BCUT2D eigenvalue weighted by Crippen LogP contribution is 2.31. The van der Waals surface area contributed by atoms with E-state index < -0.39 is 4.92 Å². The Labute approximate surface area is 141 Å². The summed E-state index contributed by atoms with van der Waals surface area (Å²) >= 11 is 0. The van der Waals surface area contributed by atoms with Crippen molar-refractivity contribution in [3.05, 3.63) is 52.3 Å². The fourth-order valence-corrected chi connectivity index (χ4v) is 2.09. The predicted molar refractivity (Wildman–Crippen MR) is 93.7 cm³/mol. The van der Waals surface area contributed by atoms with Crippen molar-refractivity contribution in [3.8, 4) is 0 Å². The molecular weight excluding hydrogens is 308 g/mol. The van der Waals surface area contributed by atoms with Gasteiger partial charge in [0.05, 0.1) is 4.92 Å². The Balaban J connectivity index is 2.30. The zero-order valence-corrected chi connectivity index (χ0v) is 14.3. The Morgan fingerprint density at radius 3 is 2.46 bits per heavy atom. The fraction of sp³-hybridized carbons (Fsp3) is 0.375. The van der Waals surface area contributed by atoms with Gasteiger partial charge in [-0.3, -0.25) is 15.5 Å². The lowest BCUT2D eigenvalue weighted by Gasteiger charge is -2.22. The molecule has 0 saturated heterocycles. The summed E-state index contributed by atoms with van der Waals surface area (Å²) in [4.78, 5) is 20.9. The molecule has 0 amide bonds. The highest BCUT2D eigenvalue weighted by Gasteiger charge is 2.26. The third-order valence-corrected chi connectivity index (χ3v) is 3.17. The van der Waals surface area contributed by atoms with E-state index in [2.05, 4.69) is 20.8 Å². The number of rotatable bonds is 6. The Morgan fingerprint density at radius 2 is 1.88 bits per heavy atom. The molecule has 2 aromatic rings. The van der Waals surface area contributed by atoms with Gasteiger partial charge in [0.15, 0.2) is 0 Å². The van der Waals surface area contributed by atoms with Crippen molar-refractivity contribution >= 4 is 17.3 Å². The first-order chi connectivity index (χ1) is 11.3. The van der Waals surface area contributed by atoms with Gasteiger partial charge >= 0.3 is 5.69 Å². The third kappa shape index (κ3) is 4.63. The van der Waals surface area contributed by atoms with Gasteiger partial charge in [0, 0.05) is 19.1 Å². The van der Waals surface area contributed by atoms with Crippen molar-refractivity contribution < 1.29 is 4.92 Å². The molecule has 2 N–H and O–H groups in total. The molecule has 24 heavy (non-hydrogen) atoms. The lowest BCUT2D eigenvalue weighted by molar-refractivity contribution is -0.383. The van der Waals surface area contributed by atoms with Gasteiger partial charge in [0.2, 0.25) is 11.6 Å². The number of hydrazine groups is 1. The predicted octanol–water partition coefficient (Wildman–Crippen LogP) is 2.74. The normalized spacial score (nSPS) is 11.2. The van der Waals surface area contributed by atoms with E-state index in [1.54, 1.807) is 11.9 Å². The van der Waals surface area contributed by atoms with Crippen LogP contribution in [0.4, 0.5) is 17.3 Å². The van der Waals surface area contributed by atoms with Crippen LogP contribution >= 0.6 is 0 Å². The second kappa shape index (κ2) is 7.22. The maximum atomic E-state index is 11.6. The average Bonchev–Trinajstić information content (AvgIpc) is 2.52. The van der Waals surface area contributed by atoms with E-state index >= 15 is 0 Å². The van der Waals surface area contributed by atoms with Crippen LogP contribution in [0.5, 0.6) is 0 Å². The molecule has 128 valence electrons. The van der Waals surface area contributed by atoms with Gasteiger partial charge in [0.25, 0.3) is 0 Å². The molecule has 0 aliphatic carbocycles. The van der Waals surface area contributed by atoms with Crippen molar-refractivity contribution in [1.82, 2.24) is 15.4 Å². The maximum Gasteiger partial charge on any atom is 0.354 e. The molecule has 1 aromatic heterocycles. The largest absolute Gasteiger partial charge is 0.354 e.